The van der Waals surface area contributed by atoms with Gasteiger partial charge in [-0.15, -0.1) is 0 Å². The van der Waals surface area contributed by atoms with Crippen LogP contribution >= 0.6 is 0 Å². The number of fused-ring (bicyclic) bond motifs is 1. The van der Waals surface area contributed by atoms with Gasteiger partial charge in [-0.25, -0.2) is 9.59 Å². The average molecular weight is 393 g/mol. The lowest BCUT2D eigenvalue weighted by atomic mass is 9.99. The van der Waals surface area contributed by atoms with E-state index in [0.717, 1.165) is 17.2 Å². The maximum atomic E-state index is 13.0. The van der Waals surface area contributed by atoms with Crippen LogP contribution in [-0.2, 0) is 23.9 Å². The number of carbonyl (C=O) groups is 2. The first-order valence-electron chi connectivity index (χ1n) is 8.47. The van der Waals surface area contributed by atoms with Gasteiger partial charge in [0, 0.05) is 18.8 Å². The summed E-state index contributed by atoms with van der Waals surface area (Å²) in [4.78, 5) is 25.4. The van der Waals surface area contributed by atoms with E-state index < -0.39 is 23.9 Å². The largest absolute Gasteiger partial charge is 0.453 e. The maximum Gasteiger partial charge on any atom is 0.418 e. The molecule has 0 fully saturated rings. The van der Waals surface area contributed by atoms with Crippen LogP contribution in [0.15, 0.2) is 42.5 Å². The minimum absolute atomic E-state index is 0.329. The number of para-hydroxylation sites is 1. The Hall–Kier alpha value is -3.23. The van der Waals surface area contributed by atoms with Crippen molar-refractivity contribution in [2.75, 3.05) is 24.3 Å². The van der Waals surface area contributed by atoms with E-state index in [4.69, 9.17) is 4.74 Å². The van der Waals surface area contributed by atoms with Crippen molar-refractivity contribution in [3.8, 4) is 0 Å². The maximum absolute atomic E-state index is 13.0. The first-order valence-corrected chi connectivity index (χ1v) is 8.47. The Morgan fingerprint density at radius 2 is 1.82 bits per heavy atom. The molecule has 2 aromatic carbocycles. The number of nitrogens with zero attached hydrogens (tertiary/aromatic N) is 1. The third kappa shape index (κ3) is 4.36. The molecule has 0 unspecified atom stereocenters. The van der Waals surface area contributed by atoms with Gasteiger partial charge in [0.15, 0.2) is 0 Å². The molecule has 9 heteroatoms. The number of amides is 3. The quantitative estimate of drug-likeness (QED) is 0.791. The summed E-state index contributed by atoms with van der Waals surface area (Å²) in [5.41, 5.74) is 1.03. The van der Waals surface area contributed by atoms with Crippen LogP contribution in [0, 0.1) is 0 Å². The lowest BCUT2D eigenvalue weighted by Gasteiger charge is -2.28. The fourth-order valence-electron chi connectivity index (χ4n) is 3.04. The highest BCUT2D eigenvalue weighted by Gasteiger charge is 2.33. The molecule has 1 aliphatic rings. The Bertz CT molecular complexity index is 899. The first kappa shape index (κ1) is 19.5. The number of alkyl halides is 3. The molecule has 0 spiro atoms. The van der Waals surface area contributed by atoms with E-state index in [-0.39, 0.29) is 5.69 Å². The lowest BCUT2D eigenvalue weighted by Crippen LogP contribution is -2.35. The number of carbonyl (C=O) groups excluding carboxylic acids is 2. The van der Waals surface area contributed by atoms with Crippen molar-refractivity contribution in [1.82, 2.24) is 4.90 Å². The third-order valence-electron chi connectivity index (χ3n) is 4.39. The molecule has 0 radical (unpaired) electrons. The normalized spacial score (nSPS) is 13.5. The van der Waals surface area contributed by atoms with Gasteiger partial charge in [0.1, 0.15) is 0 Å². The van der Waals surface area contributed by atoms with Crippen molar-refractivity contribution in [2.24, 2.45) is 0 Å². The predicted molar refractivity (Wildman–Crippen MR) is 97.0 cm³/mol. The highest BCUT2D eigenvalue weighted by molar-refractivity contribution is 6.00. The molecule has 148 valence electrons. The molecule has 6 nitrogen and oxygen atoms in total. The van der Waals surface area contributed by atoms with Gasteiger partial charge >= 0.3 is 18.3 Å². The number of halogens is 3. The topological polar surface area (TPSA) is 70.7 Å². The van der Waals surface area contributed by atoms with Crippen LogP contribution in [0.5, 0.6) is 0 Å². The second-order valence-corrected chi connectivity index (χ2v) is 6.25. The van der Waals surface area contributed by atoms with E-state index >= 15 is 0 Å². The van der Waals surface area contributed by atoms with E-state index in [0.29, 0.717) is 25.2 Å². The van der Waals surface area contributed by atoms with Gasteiger partial charge in [-0.05, 0) is 41.8 Å². The van der Waals surface area contributed by atoms with Crippen LogP contribution in [0.2, 0.25) is 0 Å². The summed E-state index contributed by atoms with van der Waals surface area (Å²) in [6, 6.07) is 9.13. The molecule has 1 heterocycles. The van der Waals surface area contributed by atoms with E-state index in [9.17, 15) is 22.8 Å². The number of methoxy groups -OCH3 is 1. The van der Waals surface area contributed by atoms with Crippen LogP contribution in [-0.4, -0.2) is 30.7 Å². The van der Waals surface area contributed by atoms with Gasteiger partial charge in [0.05, 0.1) is 18.4 Å². The van der Waals surface area contributed by atoms with Gasteiger partial charge in [-0.2, -0.15) is 13.2 Å². The van der Waals surface area contributed by atoms with Crippen molar-refractivity contribution in [1.29, 1.82) is 0 Å². The van der Waals surface area contributed by atoms with Crippen LogP contribution in [0.3, 0.4) is 0 Å². The zero-order valence-corrected chi connectivity index (χ0v) is 15.0. The smallest absolute Gasteiger partial charge is 0.418 e. The van der Waals surface area contributed by atoms with Crippen molar-refractivity contribution < 1.29 is 27.5 Å². The molecular weight excluding hydrogens is 375 g/mol. The highest BCUT2D eigenvalue weighted by Crippen LogP contribution is 2.34. The molecule has 1 aliphatic heterocycles. The van der Waals surface area contributed by atoms with E-state index in [1.807, 2.05) is 6.07 Å². The van der Waals surface area contributed by atoms with Gasteiger partial charge in [-0.3, -0.25) is 0 Å². The highest BCUT2D eigenvalue weighted by atomic mass is 19.4. The number of benzene rings is 2. The van der Waals surface area contributed by atoms with Crippen molar-refractivity contribution in [3.63, 3.8) is 0 Å². The Morgan fingerprint density at radius 3 is 2.54 bits per heavy atom. The summed E-state index contributed by atoms with van der Waals surface area (Å²) in [6.45, 7) is 0.858. The molecule has 2 N–H and O–H groups in total. The average Bonchev–Trinajstić information content (AvgIpc) is 2.66. The second kappa shape index (κ2) is 7.79. The zero-order chi connectivity index (χ0) is 20.3. The molecule has 3 rings (SSSR count). The third-order valence-corrected chi connectivity index (χ3v) is 4.39. The number of rotatable bonds is 2. The van der Waals surface area contributed by atoms with E-state index in [1.54, 1.807) is 12.1 Å². The Balaban J connectivity index is 1.72. The molecule has 28 heavy (non-hydrogen) atoms. The number of nitrogens with one attached hydrogen (secondary N) is 2. The molecule has 0 aliphatic carbocycles. The number of anilines is 2. The monoisotopic (exact) mass is 393 g/mol. The minimum Gasteiger partial charge on any atom is -0.453 e. The van der Waals surface area contributed by atoms with Crippen molar-refractivity contribution in [2.45, 2.75) is 19.1 Å². The summed E-state index contributed by atoms with van der Waals surface area (Å²) in [6.07, 6.45) is -4.37. The molecule has 0 bridgehead atoms. The number of ether oxygens (including phenoxy) is 1. The van der Waals surface area contributed by atoms with Crippen LogP contribution in [0.4, 0.5) is 34.1 Å². The summed E-state index contributed by atoms with van der Waals surface area (Å²) in [5, 5.41) is 4.75. The summed E-state index contributed by atoms with van der Waals surface area (Å²) < 4.78 is 43.8. The van der Waals surface area contributed by atoms with Crippen LogP contribution < -0.4 is 10.6 Å². The standard InChI is InChI=1S/C19H18F3N3O3/c1-28-18(27)25-9-8-12-6-7-14(10-13(12)11-25)23-17(26)24-16-5-3-2-4-15(16)19(20,21)22/h2-7,10H,8-9,11H2,1H3,(H2,23,24,26). The minimum atomic E-state index is -4.58. The first-order chi connectivity index (χ1) is 13.3. The molecule has 0 saturated heterocycles. The van der Waals surface area contributed by atoms with Gasteiger partial charge in [0.25, 0.3) is 0 Å². The van der Waals surface area contributed by atoms with Crippen LogP contribution in [0.1, 0.15) is 16.7 Å². The number of hydrogen-bond donors (Lipinski definition) is 2. The van der Waals surface area contributed by atoms with Gasteiger partial charge < -0.3 is 20.3 Å². The summed E-state index contributed by atoms with van der Waals surface area (Å²) in [7, 11) is 1.30. The molecular formula is C19H18F3N3O3. The Kier molecular flexibility index (Phi) is 5.43. The Morgan fingerprint density at radius 1 is 1.07 bits per heavy atom. The summed E-state index contributed by atoms with van der Waals surface area (Å²) >= 11 is 0. The van der Waals surface area contributed by atoms with Crippen LogP contribution in [0.25, 0.3) is 0 Å². The molecule has 0 atom stereocenters. The molecule has 0 aromatic heterocycles. The zero-order valence-electron chi connectivity index (χ0n) is 15.0. The van der Waals surface area contributed by atoms with Crippen molar-refractivity contribution >= 4 is 23.5 Å². The van der Waals surface area contributed by atoms with Gasteiger partial charge in [0.2, 0.25) is 0 Å². The van der Waals surface area contributed by atoms with E-state index in [1.165, 1.54) is 30.2 Å². The Labute approximate surface area is 159 Å². The van der Waals surface area contributed by atoms with E-state index in [2.05, 4.69) is 10.6 Å². The second-order valence-electron chi connectivity index (χ2n) is 6.25. The summed E-state index contributed by atoms with van der Waals surface area (Å²) in [5.74, 6) is 0. The van der Waals surface area contributed by atoms with Crippen molar-refractivity contribution in [3.05, 3.63) is 59.2 Å². The number of hydrogen-bond acceptors (Lipinski definition) is 3. The van der Waals surface area contributed by atoms with Gasteiger partial charge in [-0.1, -0.05) is 18.2 Å². The lowest BCUT2D eigenvalue weighted by molar-refractivity contribution is -0.136. The molecule has 3 amide bonds. The predicted octanol–water partition coefficient (Wildman–Crippen LogP) is 4.47. The fraction of sp³-hybridized carbons (Fsp3) is 0.263. The number of urea groups is 1. The SMILES string of the molecule is COC(=O)N1CCc2ccc(NC(=O)Nc3ccccc3C(F)(F)F)cc2C1. The molecule has 2 aromatic rings. The fourth-order valence-corrected chi connectivity index (χ4v) is 3.04. The molecule has 0 saturated carbocycles.